The van der Waals surface area contributed by atoms with E-state index < -0.39 is 0 Å². The van der Waals surface area contributed by atoms with E-state index in [0.717, 1.165) is 5.82 Å². The Morgan fingerprint density at radius 3 is 3.19 bits per heavy atom. The summed E-state index contributed by atoms with van der Waals surface area (Å²) in [6.45, 7) is 1.40. The third-order valence-electron chi connectivity index (χ3n) is 2.59. The van der Waals surface area contributed by atoms with Crippen LogP contribution in [0.5, 0.6) is 0 Å². The molecule has 1 fully saturated rings. The van der Waals surface area contributed by atoms with Gasteiger partial charge in [0, 0.05) is 19.0 Å². The highest BCUT2D eigenvalue weighted by Gasteiger charge is 2.30. The number of aromatic nitrogens is 3. The molecule has 88 valence electrons. The van der Waals surface area contributed by atoms with Crippen molar-refractivity contribution in [3.05, 3.63) is 12.2 Å². The minimum Gasteiger partial charge on any atom is -0.379 e. The van der Waals surface area contributed by atoms with Crippen LogP contribution in [0.25, 0.3) is 0 Å². The topological polar surface area (TPSA) is 106 Å². The number of nitrogens with one attached hydrogen (secondary N) is 2. The zero-order valence-corrected chi connectivity index (χ0v) is 8.85. The van der Waals surface area contributed by atoms with E-state index in [1.165, 1.54) is 6.33 Å². The Balaban J connectivity index is 1.71. The van der Waals surface area contributed by atoms with Gasteiger partial charge in [-0.15, -0.1) is 0 Å². The highest BCUT2D eigenvalue weighted by molar-refractivity contribution is 5.79. The number of carbonyl (C=O) groups excluding carboxylic acids is 1. The van der Waals surface area contributed by atoms with E-state index in [1.54, 1.807) is 0 Å². The van der Waals surface area contributed by atoms with Crippen LogP contribution in [-0.2, 0) is 16.0 Å². The number of aromatic amines is 1. The SMILES string of the molecule is NC1COCC1C(=O)NCCc1ncn[nH]1. The first-order chi connectivity index (χ1) is 7.77. The highest BCUT2D eigenvalue weighted by Crippen LogP contribution is 2.11. The quantitative estimate of drug-likeness (QED) is 0.574. The monoisotopic (exact) mass is 225 g/mol. The second kappa shape index (κ2) is 5.04. The Hall–Kier alpha value is -1.47. The van der Waals surface area contributed by atoms with Crippen LogP contribution in [0.15, 0.2) is 6.33 Å². The first-order valence-electron chi connectivity index (χ1n) is 5.22. The van der Waals surface area contributed by atoms with Gasteiger partial charge in [0.1, 0.15) is 12.2 Å². The summed E-state index contributed by atoms with van der Waals surface area (Å²) in [6.07, 6.45) is 2.08. The Morgan fingerprint density at radius 2 is 2.56 bits per heavy atom. The molecule has 16 heavy (non-hydrogen) atoms. The molecule has 1 aromatic rings. The van der Waals surface area contributed by atoms with Crippen molar-refractivity contribution in [2.75, 3.05) is 19.8 Å². The lowest BCUT2D eigenvalue weighted by molar-refractivity contribution is -0.125. The number of nitrogens with two attached hydrogens (primary N) is 1. The number of ether oxygens (including phenoxy) is 1. The Kier molecular flexibility index (Phi) is 3.47. The van der Waals surface area contributed by atoms with Crippen LogP contribution in [0.4, 0.5) is 0 Å². The van der Waals surface area contributed by atoms with Gasteiger partial charge in [-0.05, 0) is 0 Å². The van der Waals surface area contributed by atoms with E-state index in [4.69, 9.17) is 10.5 Å². The summed E-state index contributed by atoms with van der Waals surface area (Å²) in [5, 5.41) is 9.25. The Labute approximate surface area is 92.8 Å². The van der Waals surface area contributed by atoms with E-state index in [2.05, 4.69) is 20.5 Å². The van der Waals surface area contributed by atoms with E-state index >= 15 is 0 Å². The van der Waals surface area contributed by atoms with Crippen molar-refractivity contribution >= 4 is 5.91 Å². The predicted molar refractivity (Wildman–Crippen MR) is 55.4 cm³/mol. The lowest BCUT2D eigenvalue weighted by Crippen LogP contribution is -2.41. The first-order valence-corrected chi connectivity index (χ1v) is 5.22. The molecule has 0 spiro atoms. The van der Waals surface area contributed by atoms with E-state index in [0.29, 0.717) is 26.2 Å². The Bertz CT molecular complexity index is 340. The summed E-state index contributed by atoms with van der Waals surface area (Å²) in [6, 6.07) is -0.190. The van der Waals surface area contributed by atoms with Gasteiger partial charge in [0.2, 0.25) is 5.91 Å². The third-order valence-corrected chi connectivity index (χ3v) is 2.59. The van der Waals surface area contributed by atoms with Crippen LogP contribution in [0.1, 0.15) is 5.82 Å². The minimum atomic E-state index is -0.227. The number of rotatable bonds is 4. The molecular formula is C9H15N5O2. The molecule has 1 aliphatic rings. The van der Waals surface area contributed by atoms with Gasteiger partial charge in [-0.2, -0.15) is 5.10 Å². The van der Waals surface area contributed by atoms with Crippen LogP contribution in [0.3, 0.4) is 0 Å². The molecule has 2 unspecified atom stereocenters. The number of carbonyl (C=O) groups is 1. The van der Waals surface area contributed by atoms with Crippen LogP contribution >= 0.6 is 0 Å². The number of nitrogens with zero attached hydrogens (tertiary/aromatic N) is 2. The van der Waals surface area contributed by atoms with Crippen molar-refractivity contribution in [3.8, 4) is 0 Å². The average molecular weight is 225 g/mol. The second-order valence-electron chi connectivity index (χ2n) is 3.78. The summed E-state index contributed by atoms with van der Waals surface area (Å²) in [5.74, 6) is 0.478. The minimum absolute atomic E-state index is 0.0514. The molecule has 0 aromatic carbocycles. The van der Waals surface area contributed by atoms with Gasteiger partial charge in [-0.3, -0.25) is 9.89 Å². The van der Waals surface area contributed by atoms with E-state index in [-0.39, 0.29) is 17.9 Å². The lowest BCUT2D eigenvalue weighted by atomic mass is 10.0. The summed E-state index contributed by atoms with van der Waals surface area (Å²) < 4.78 is 5.13. The van der Waals surface area contributed by atoms with Crippen molar-refractivity contribution in [2.45, 2.75) is 12.5 Å². The first kappa shape index (κ1) is 11.0. The normalized spacial score (nSPS) is 24.6. The predicted octanol–water partition coefficient (Wildman–Crippen LogP) is -1.56. The lowest BCUT2D eigenvalue weighted by Gasteiger charge is -2.12. The maximum absolute atomic E-state index is 11.7. The van der Waals surface area contributed by atoms with Crippen molar-refractivity contribution < 1.29 is 9.53 Å². The fourth-order valence-electron chi connectivity index (χ4n) is 1.63. The van der Waals surface area contributed by atoms with Crippen molar-refractivity contribution in [1.82, 2.24) is 20.5 Å². The molecule has 2 heterocycles. The Morgan fingerprint density at radius 1 is 1.69 bits per heavy atom. The molecule has 1 aliphatic heterocycles. The fourth-order valence-corrected chi connectivity index (χ4v) is 1.63. The number of hydrogen-bond acceptors (Lipinski definition) is 5. The molecule has 1 amide bonds. The zero-order valence-electron chi connectivity index (χ0n) is 8.85. The summed E-state index contributed by atoms with van der Waals surface area (Å²) in [5.41, 5.74) is 5.73. The standard InChI is InChI=1S/C9H15N5O2/c10-7-4-16-3-6(7)9(15)11-2-1-8-12-5-13-14-8/h5-7H,1-4,10H2,(H,11,15)(H,12,13,14). The molecule has 0 aliphatic carbocycles. The van der Waals surface area contributed by atoms with Crippen LogP contribution in [-0.4, -0.2) is 46.9 Å². The third kappa shape index (κ3) is 2.56. The molecule has 0 bridgehead atoms. The number of amides is 1. The summed E-state index contributed by atoms with van der Waals surface area (Å²) in [7, 11) is 0. The van der Waals surface area contributed by atoms with Crippen LogP contribution in [0.2, 0.25) is 0 Å². The molecule has 0 saturated carbocycles. The largest absolute Gasteiger partial charge is 0.379 e. The molecule has 0 radical (unpaired) electrons. The number of hydrogen-bond donors (Lipinski definition) is 3. The molecule has 1 aromatic heterocycles. The van der Waals surface area contributed by atoms with Gasteiger partial charge in [-0.25, -0.2) is 4.98 Å². The highest BCUT2D eigenvalue weighted by atomic mass is 16.5. The zero-order chi connectivity index (χ0) is 11.4. The molecule has 7 heteroatoms. The maximum Gasteiger partial charge on any atom is 0.227 e. The van der Waals surface area contributed by atoms with E-state index in [9.17, 15) is 4.79 Å². The number of H-pyrrole nitrogens is 1. The van der Waals surface area contributed by atoms with E-state index in [1.807, 2.05) is 0 Å². The molecule has 1 saturated heterocycles. The van der Waals surface area contributed by atoms with Crippen LogP contribution < -0.4 is 11.1 Å². The van der Waals surface area contributed by atoms with Gasteiger partial charge in [-0.1, -0.05) is 0 Å². The molecular weight excluding hydrogens is 210 g/mol. The maximum atomic E-state index is 11.7. The van der Waals surface area contributed by atoms with Gasteiger partial charge in [0.25, 0.3) is 0 Å². The smallest absolute Gasteiger partial charge is 0.227 e. The molecule has 7 nitrogen and oxygen atoms in total. The van der Waals surface area contributed by atoms with Gasteiger partial charge in [0.05, 0.1) is 19.1 Å². The van der Waals surface area contributed by atoms with Crippen molar-refractivity contribution in [3.63, 3.8) is 0 Å². The van der Waals surface area contributed by atoms with Crippen LogP contribution in [0, 0.1) is 5.92 Å². The summed E-state index contributed by atoms with van der Waals surface area (Å²) in [4.78, 5) is 15.6. The van der Waals surface area contributed by atoms with Crippen molar-refractivity contribution in [1.29, 1.82) is 0 Å². The molecule has 2 atom stereocenters. The van der Waals surface area contributed by atoms with Gasteiger partial charge < -0.3 is 15.8 Å². The molecule has 2 rings (SSSR count). The van der Waals surface area contributed by atoms with Gasteiger partial charge in [0.15, 0.2) is 0 Å². The molecule has 4 N–H and O–H groups in total. The average Bonchev–Trinajstić information content (AvgIpc) is 2.88. The second-order valence-corrected chi connectivity index (χ2v) is 3.78. The summed E-state index contributed by atoms with van der Waals surface area (Å²) >= 11 is 0. The van der Waals surface area contributed by atoms with Crippen molar-refractivity contribution in [2.24, 2.45) is 11.7 Å². The van der Waals surface area contributed by atoms with Gasteiger partial charge >= 0.3 is 0 Å². The fraction of sp³-hybridized carbons (Fsp3) is 0.667.